The summed E-state index contributed by atoms with van der Waals surface area (Å²) in [5.41, 5.74) is -0.0483. The van der Waals surface area contributed by atoms with E-state index in [0.29, 0.717) is 11.6 Å². The number of benzene rings is 1. The standard InChI is InChI=1S/C12H10FN3O3/c1-19-10-4-5-14-12(16-10)15-7-2-3-8(11(17)18)9(13)6-7/h2-6H,1H3,(H,17,18)(H,14,15,16). The summed E-state index contributed by atoms with van der Waals surface area (Å²) in [5.74, 6) is -1.57. The van der Waals surface area contributed by atoms with Crippen molar-refractivity contribution in [2.45, 2.75) is 0 Å². The Morgan fingerprint density at radius 2 is 2.21 bits per heavy atom. The molecule has 1 aromatic carbocycles. The molecule has 0 aliphatic heterocycles. The number of rotatable bonds is 4. The first kappa shape index (κ1) is 12.7. The van der Waals surface area contributed by atoms with Crippen LogP contribution in [0.4, 0.5) is 16.0 Å². The Morgan fingerprint density at radius 3 is 2.84 bits per heavy atom. The van der Waals surface area contributed by atoms with E-state index in [1.807, 2.05) is 0 Å². The van der Waals surface area contributed by atoms with Crippen LogP contribution in [-0.2, 0) is 0 Å². The number of ether oxygens (including phenoxy) is 1. The lowest BCUT2D eigenvalue weighted by atomic mass is 10.2. The summed E-state index contributed by atoms with van der Waals surface area (Å²) in [6, 6.07) is 5.22. The van der Waals surface area contributed by atoms with Gasteiger partial charge in [0.15, 0.2) is 0 Å². The van der Waals surface area contributed by atoms with Gasteiger partial charge in [-0.2, -0.15) is 4.98 Å². The molecule has 0 atom stereocenters. The number of methoxy groups -OCH3 is 1. The Hall–Kier alpha value is -2.70. The second-order valence-corrected chi connectivity index (χ2v) is 3.55. The molecule has 0 fully saturated rings. The van der Waals surface area contributed by atoms with Crippen molar-refractivity contribution in [2.75, 3.05) is 12.4 Å². The van der Waals surface area contributed by atoms with Crippen LogP contribution >= 0.6 is 0 Å². The van der Waals surface area contributed by atoms with Gasteiger partial charge in [0.25, 0.3) is 0 Å². The molecule has 1 heterocycles. The van der Waals surface area contributed by atoms with Crippen LogP contribution in [-0.4, -0.2) is 28.2 Å². The number of halogens is 1. The molecule has 1 aromatic heterocycles. The Kier molecular flexibility index (Phi) is 3.56. The number of carboxylic acids is 1. The maximum atomic E-state index is 13.5. The molecule has 0 saturated carbocycles. The molecule has 2 aromatic rings. The molecule has 19 heavy (non-hydrogen) atoms. The van der Waals surface area contributed by atoms with Gasteiger partial charge < -0.3 is 15.2 Å². The fraction of sp³-hybridized carbons (Fsp3) is 0.0833. The smallest absolute Gasteiger partial charge is 0.338 e. The van der Waals surface area contributed by atoms with Gasteiger partial charge in [0.1, 0.15) is 5.82 Å². The average molecular weight is 263 g/mol. The second kappa shape index (κ2) is 5.30. The number of hydrogen-bond donors (Lipinski definition) is 2. The molecular formula is C12H10FN3O3. The quantitative estimate of drug-likeness (QED) is 0.878. The van der Waals surface area contributed by atoms with E-state index in [4.69, 9.17) is 9.84 Å². The molecule has 0 radical (unpaired) electrons. The van der Waals surface area contributed by atoms with E-state index in [-0.39, 0.29) is 5.95 Å². The van der Waals surface area contributed by atoms with E-state index in [0.717, 1.165) is 6.07 Å². The van der Waals surface area contributed by atoms with Crippen molar-refractivity contribution in [1.29, 1.82) is 0 Å². The summed E-state index contributed by atoms with van der Waals surface area (Å²) < 4.78 is 18.4. The summed E-state index contributed by atoms with van der Waals surface area (Å²) in [6.07, 6.45) is 1.48. The number of carboxylic acid groups (broad SMARTS) is 1. The predicted molar refractivity (Wildman–Crippen MR) is 65.2 cm³/mol. The molecule has 2 rings (SSSR count). The van der Waals surface area contributed by atoms with Crippen molar-refractivity contribution in [1.82, 2.24) is 9.97 Å². The fourth-order valence-corrected chi connectivity index (χ4v) is 1.41. The minimum Gasteiger partial charge on any atom is -0.481 e. The Bertz CT molecular complexity index is 619. The van der Waals surface area contributed by atoms with Crippen LogP contribution in [0.1, 0.15) is 10.4 Å². The van der Waals surface area contributed by atoms with Crippen LogP contribution in [0.5, 0.6) is 5.88 Å². The number of aromatic carboxylic acids is 1. The highest BCUT2D eigenvalue weighted by Crippen LogP contribution is 2.18. The zero-order chi connectivity index (χ0) is 13.8. The highest BCUT2D eigenvalue weighted by Gasteiger charge is 2.10. The highest BCUT2D eigenvalue weighted by molar-refractivity contribution is 5.88. The van der Waals surface area contributed by atoms with E-state index in [1.54, 1.807) is 6.07 Å². The molecule has 2 N–H and O–H groups in total. The first-order valence-electron chi connectivity index (χ1n) is 5.27. The molecule has 7 heteroatoms. The second-order valence-electron chi connectivity index (χ2n) is 3.55. The maximum Gasteiger partial charge on any atom is 0.338 e. The van der Waals surface area contributed by atoms with E-state index in [1.165, 1.54) is 25.4 Å². The van der Waals surface area contributed by atoms with Gasteiger partial charge in [-0.1, -0.05) is 0 Å². The van der Waals surface area contributed by atoms with E-state index < -0.39 is 17.3 Å². The Balaban J connectivity index is 2.23. The molecule has 0 amide bonds. The van der Waals surface area contributed by atoms with Crippen molar-refractivity contribution in [2.24, 2.45) is 0 Å². The monoisotopic (exact) mass is 263 g/mol. The zero-order valence-corrected chi connectivity index (χ0v) is 9.92. The van der Waals surface area contributed by atoms with E-state index in [2.05, 4.69) is 15.3 Å². The number of nitrogens with one attached hydrogen (secondary N) is 1. The van der Waals surface area contributed by atoms with Crippen LogP contribution in [0.3, 0.4) is 0 Å². The first-order chi connectivity index (χ1) is 9.10. The summed E-state index contributed by atoms with van der Waals surface area (Å²) >= 11 is 0. The van der Waals surface area contributed by atoms with Crippen molar-refractivity contribution >= 4 is 17.6 Å². The van der Waals surface area contributed by atoms with Crippen LogP contribution in [0.25, 0.3) is 0 Å². The van der Waals surface area contributed by atoms with E-state index in [9.17, 15) is 9.18 Å². The largest absolute Gasteiger partial charge is 0.481 e. The Labute approximate surface area is 107 Å². The normalized spacial score (nSPS) is 10.0. The molecule has 0 aliphatic rings. The van der Waals surface area contributed by atoms with Crippen molar-refractivity contribution in [3.8, 4) is 5.88 Å². The lowest BCUT2D eigenvalue weighted by molar-refractivity contribution is 0.0692. The number of hydrogen-bond acceptors (Lipinski definition) is 5. The average Bonchev–Trinajstić information content (AvgIpc) is 2.38. The van der Waals surface area contributed by atoms with Crippen LogP contribution < -0.4 is 10.1 Å². The van der Waals surface area contributed by atoms with Gasteiger partial charge in [0.2, 0.25) is 11.8 Å². The molecular weight excluding hydrogens is 253 g/mol. The third-order valence-corrected chi connectivity index (χ3v) is 2.29. The summed E-state index contributed by atoms with van der Waals surface area (Å²) in [7, 11) is 1.47. The van der Waals surface area contributed by atoms with Gasteiger partial charge >= 0.3 is 5.97 Å². The molecule has 6 nitrogen and oxygen atoms in total. The fourth-order valence-electron chi connectivity index (χ4n) is 1.41. The summed E-state index contributed by atoms with van der Waals surface area (Å²) in [4.78, 5) is 18.6. The minimum absolute atomic E-state index is 0.224. The van der Waals surface area contributed by atoms with Crippen molar-refractivity contribution < 1.29 is 19.0 Å². The number of nitrogens with zero attached hydrogens (tertiary/aromatic N) is 2. The van der Waals surface area contributed by atoms with Crippen LogP contribution in [0.15, 0.2) is 30.5 Å². The Morgan fingerprint density at radius 1 is 1.42 bits per heavy atom. The maximum absolute atomic E-state index is 13.5. The molecule has 0 aliphatic carbocycles. The van der Waals surface area contributed by atoms with Gasteiger partial charge in [-0.25, -0.2) is 14.2 Å². The predicted octanol–water partition coefficient (Wildman–Crippen LogP) is 2.07. The van der Waals surface area contributed by atoms with Gasteiger partial charge in [-0.3, -0.25) is 0 Å². The zero-order valence-electron chi connectivity index (χ0n) is 9.92. The lowest BCUT2D eigenvalue weighted by Crippen LogP contribution is -2.02. The first-order valence-corrected chi connectivity index (χ1v) is 5.27. The topological polar surface area (TPSA) is 84.3 Å². The summed E-state index contributed by atoms with van der Waals surface area (Å²) in [6.45, 7) is 0. The molecule has 0 unspecified atom stereocenters. The number of anilines is 2. The molecule has 0 spiro atoms. The highest BCUT2D eigenvalue weighted by atomic mass is 19.1. The van der Waals surface area contributed by atoms with Gasteiger partial charge in [0.05, 0.1) is 12.7 Å². The third kappa shape index (κ3) is 2.95. The van der Waals surface area contributed by atoms with Gasteiger partial charge in [-0.15, -0.1) is 0 Å². The third-order valence-electron chi connectivity index (χ3n) is 2.29. The van der Waals surface area contributed by atoms with Crippen molar-refractivity contribution in [3.63, 3.8) is 0 Å². The van der Waals surface area contributed by atoms with Crippen molar-refractivity contribution in [3.05, 3.63) is 41.8 Å². The number of carbonyl (C=O) groups is 1. The minimum atomic E-state index is -1.32. The molecule has 98 valence electrons. The molecule has 0 bridgehead atoms. The van der Waals surface area contributed by atoms with Gasteiger partial charge in [0, 0.05) is 18.0 Å². The van der Waals surface area contributed by atoms with Crippen LogP contribution in [0.2, 0.25) is 0 Å². The summed E-state index contributed by atoms with van der Waals surface area (Å²) in [5, 5.41) is 11.5. The number of aromatic nitrogens is 2. The van der Waals surface area contributed by atoms with Crippen LogP contribution in [0, 0.1) is 5.82 Å². The lowest BCUT2D eigenvalue weighted by Gasteiger charge is -2.06. The SMILES string of the molecule is COc1ccnc(Nc2ccc(C(=O)O)c(F)c2)n1. The molecule has 0 saturated heterocycles. The van der Waals surface area contributed by atoms with E-state index >= 15 is 0 Å². The van der Waals surface area contributed by atoms with Gasteiger partial charge in [-0.05, 0) is 18.2 Å².